The van der Waals surface area contributed by atoms with Crippen LogP contribution in [0.15, 0.2) is 18.2 Å². The second-order valence-electron chi connectivity index (χ2n) is 6.68. The van der Waals surface area contributed by atoms with Crippen molar-refractivity contribution in [2.24, 2.45) is 0 Å². The third kappa shape index (κ3) is 6.04. The standard InChI is InChI=1S/C19H26N2O6/c1-13(22)14-4-5-17(26-3)15(8-14)9-18(23)21-6-7-27-16(11-21)10-20(2)12-19(24)25/h4-5,8,16H,6-7,9-12H2,1-3H3,(H,24,25). The van der Waals surface area contributed by atoms with Gasteiger partial charge in [0.1, 0.15) is 5.75 Å². The van der Waals surface area contributed by atoms with E-state index in [0.29, 0.717) is 43.1 Å². The van der Waals surface area contributed by atoms with Crippen molar-refractivity contribution in [2.75, 3.05) is 46.9 Å². The third-order valence-corrected chi connectivity index (χ3v) is 4.44. The molecule has 27 heavy (non-hydrogen) atoms. The van der Waals surface area contributed by atoms with Crippen LogP contribution in [0.5, 0.6) is 5.75 Å². The summed E-state index contributed by atoms with van der Waals surface area (Å²) >= 11 is 0. The van der Waals surface area contributed by atoms with E-state index < -0.39 is 5.97 Å². The highest BCUT2D eigenvalue weighted by Crippen LogP contribution is 2.22. The number of carboxylic acid groups (broad SMARTS) is 1. The van der Waals surface area contributed by atoms with Crippen LogP contribution < -0.4 is 4.74 Å². The van der Waals surface area contributed by atoms with Crippen LogP contribution in [0, 0.1) is 0 Å². The first-order chi connectivity index (χ1) is 12.8. The van der Waals surface area contributed by atoms with Crippen molar-refractivity contribution >= 4 is 17.7 Å². The Kier molecular flexibility index (Phi) is 7.32. The molecule has 1 aliphatic heterocycles. The first-order valence-electron chi connectivity index (χ1n) is 8.77. The summed E-state index contributed by atoms with van der Waals surface area (Å²) in [5.74, 6) is -0.486. The molecule has 1 aliphatic rings. The quantitative estimate of drug-likeness (QED) is 0.665. The van der Waals surface area contributed by atoms with Crippen molar-refractivity contribution in [1.82, 2.24) is 9.80 Å². The van der Waals surface area contributed by atoms with Crippen molar-refractivity contribution in [1.29, 1.82) is 0 Å². The highest BCUT2D eigenvalue weighted by molar-refractivity contribution is 5.94. The number of likely N-dealkylation sites (N-methyl/N-ethyl adjacent to an activating group) is 1. The van der Waals surface area contributed by atoms with E-state index in [4.69, 9.17) is 14.6 Å². The van der Waals surface area contributed by atoms with Crippen LogP contribution in [0.2, 0.25) is 0 Å². The highest BCUT2D eigenvalue weighted by Gasteiger charge is 2.26. The molecule has 0 saturated carbocycles. The van der Waals surface area contributed by atoms with E-state index in [2.05, 4.69) is 0 Å². The molecule has 8 heteroatoms. The molecule has 0 bridgehead atoms. The predicted molar refractivity (Wildman–Crippen MR) is 98.2 cm³/mol. The van der Waals surface area contributed by atoms with Gasteiger partial charge in [0, 0.05) is 30.8 Å². The number of methoxy groups -OCH3 is 1. The molecular weight excluding hydrogens is 352 g/mol. The number of carboxylic acids is 1. The van der Waals surface area contributed by atoms with E-state index in [1.165, 1.54) is 14.0 Å². The molecule has 1 aromatic rings. The van der Waals surface area contributed by atoms with Crippen molar-refractivity contribution < 1.29 is 29.0 Å². The molecule has 0 aromatic heterocycles. The number of ketones is 1. The van der Waals surface area contributed by atoms with Gasteiger partial charge >= 0.3 is 5.97 Å². The van der Waals surface area contributed by atoms with Gasteiger partial charge in [-0.2, -0.15) is 0 Å². The maximum atomic E-state index is 12.7. The van der Waals surface area contributed by atoms with Gasteiger partial charge in [0.05, 0.1) is 32.8 Å². The lowest BCUT2D eigenvalue weighted by Crippen LogP contribution is -2.50. The Morgan fingerprint density at radius 2 is 2.11 bits per heavy atom. The molecule has 1 saturated heterocycles. The van der Waals surface area contributed by atoms with Crippen LogP contribution in [-0.4, -0.2) is 85.6 Å². The zero-order valence-electron chi connectivity index (χ0n) is 15.9. The van der Waals surface area contributed by atoms with E-state index in [-0.39, 0.29) is 30.8 Å². The molecule has 148 valence electrons. The van der Waals surface area contributed by atoms with Crippen LogP contribution >= 0.6 is 0 Å². The smallest absolute Gasteiger partial charge is 0.317 e. The summed E-state index contributed by atoms with van der Waals surface area (Å²) in [5, 5.41) is 8.85. The van der Waals surface area contributed by atoms with Gasteiger partial charge in [-0.15, -0.1) is 0 Å². The summed E-state index contributed by atoms with van der Waals surface area (Å²) in [6.07, 6.45) is -0.111. The van der Waals surface area contributed by atoms with Gasteiger partial charge in [-0.05, 0) is 32.2 Å². The van der Waals surface area contributed by atoms with Crippen molar-refractivity contribution in [2.45, 2.75) is 19.4 Å². The number of hydrogen-bond donors (Lipinski definition) is 1. The topological polar surface area (TPSA) is 96.4 Å². The van der Waals surface area contributed by atoms with E-state index in [1.807, 2.05) is 0 Å². The Balaban J connectivity index is 2.02. The Labute approximate surface area is 158 Å². The molecule has 1 unspecified atom stereocenters. The second kappa shape index (κ2) is 9.48. The number of ether oxygens (including phenoxy) is 2. The lowest BCUT2D eigenvalue weighted by molar-refractivity contribution is -0.142. The average molecular weight is 378 g/mol. The minimum absolute atomic E-state index is 0.0701. The normalized spacial score (nSPS) is 17.0. The van der Waals surface area contributed by atoms with E-state index in [9.17, 15) is 14.4 Å². The maximum Gasteiger partial charge on any atom is 0.317 e. The molecule has 8 nitrogen and oxygen atoms in total. The summed E-state index contributed by atoms with van der Waals surface area (Å²) in [5.41, 5.74) is 1.20. The lowest BCUT2D eigenvalue weighted by atomic mass is 10.0. The minimum Gasteiger partial charge on any atom is -0.496 e. The van der Waals surface area contributed by atoms with E-state index in [1.54, 1.807) is 35.0 Å². The molecule has 1 fully saturated rings. The molecule has 1 atom stereocenters. The number of aliphatic carboxylic acids is 1. The summed E-state index contributed by atoms with van der Waals surface area (Å²) in [4.78, 5) is 38.5. The summed E-state index contributed by atoms with van der Waals surface area (Å²) < 4.78 is 11.0. The van der Waals surface area contributed by atoms with Crippen LogP contribution in [0.25, 0.3) is 0 Å². The molecule has 0 aliphatic carbocycles. The second-order valence-corrected chi connectivity index (χ2v) is 6.68. The van der Waals surface area contributed by atoms with Crippen molar-refractivity contribution in [3.8, 4) is 5.75 Å². The molecular formula is C19H26N2O6. The van der Waals surface area contributed by atoms with Crippen LogP contribution in [0.3, 0.4) is 0 Å². The maximum absolute atomic E-state index is 12.7. The Morgan fingerprint density at radius 3 is 2.74 bits per heavy atom. The first kappa shape index (κ1) is 20.9. The fraction of sp³-hybridized carbons (Fsp3) is 0.526. The number of amides is 1. The molecule has 1 heterocycles. The molecule has 1 N–H and O–H groups in total. The predicted octanol–water partition coefficient (Wildman–Crippen LogP) is 0.684. The molecule has 1 amide bonds. The van der Waals surface area contributed by atoms with E-state index >= 15 is 0 Å². The third-order valence-electron chi connectivity index (χ3n) is 4.44. The summed E-state index contributed by atoms with van der Waals surface area (Å²) in [7, 11) is 3.23. The van der Waals surface area contributed by atoms with Crippen LogP contribution in [0.4, 0.5) is 0 Å². The lowest BCUT2D eigenvalue weighted by Gasteiger charge is -2.34. The number of Topliss-reactive ketones (excluding diaryl/α,β-unsaturated/α-hetero) is 1. The summed E-state index contributed by atoms with van der Waals surface area (Å²) in [6, 6.07) is 5.07. The van der Waals surface area contributed by atoms with Crippen LogP contribution in [0.1, 0.15) is 22.8 Å². The average Bonchev–Trinajstić information content (AvgIpc) is 2.61. The number of carbonyl (C=O) groups excluding carboxylic acids is 2. The zero-order valence-corrected chi connectivity index (χ0v) is 15.9. The van der Waals surface area contributed by atoms with Gasteiger partial charge in [-0.1, -0.05) is 0 Å². The zero-order chi connectivity index (χ0) is 20.0. The number of benzene rings is 1. The number of carbonyl (C=O) groups is 3. The number of nitrogens with zero attached hydrogens (tertiary/aromatic N) is 2. The number of hydrogen-bond acceptors (Lipinski definition) is 6. The highest BCUT2D eigenvalue weighted by atomic mass is 16.5. The van der Waals surface area contributed by atoms with Gasteiger partial charge < -0.3 is 19.5 Å². The largest absolute Gasteiger partial charge is 0.496 e. The van der Waals surface area contributed by atoms with Gasteiger partial charge in [-0.25, -0.2) is 0 Å². The van der Waals surface area contributed by atoms with Gasteiger partial charge in [0.2, 0.25) is 5.91 Å². The minimum atomic E-state index is -0.904. The molecule has 2 rings (SSSR count). The SMILES string of the molecule is COc1ccc(C(C)=O)cc1CC(=O)N1CCOC(CN(C)CC(=O)O)C1. The van der Waals surface area contributed by atoms with Gasteiger partial charge in [0.15, 0.2) is 5.78 Å². The van der Waals surface area contributed by atoms with Crippen LogP contribution in [-0.2, 0) is 20.7 Å². The Morgan fingerprint density at radius 1 is 1.37 bits per heavy atom. The monoisotopic (exact) mass is 378 g/mol. The van der Waals surface area contributed by atoms with E-state index in [0.717, 1.165) is 0 Å². The number of morpholine rings is 1. The Hall–Kier alpha value is -2.45. The first-order valence-corrected chi connectivity index (χ1v) is 8.77. The van der Waals surface area contributed by atoms with Crippen molar-refractivity contribution in [3.05, 3.63) is 29.3 Å². The molecule has 0 radical (unpaired) electrons. The Bertz CT molecular complexity index is 705. The summed E-state index contributed by atoms with van der Waals surface area (Å²) in [6.45, 7) is 3.11. The fourth-order valence-electron chi connectivity index (χ4n) is 3.11. The van der Waals surface area contributed by atoms with Crippen molar-refractivity contribution in [3.63, 3.8) is 0 Å². The molecule has 0 spiro atoms. The molecule has 1 aromatic carbocycles. The van der Waals surface area contributed by atoms with Gasteiger partial charge in [-0.3, -0.25) is 19.3 Å². The fourth-order valence-corrected chi connectivity index (χ4v) is 3.11. The van der Waals surface area contributed by atoms with Gasteiger partial charge in [0.25, 0.3) is 0 Å². The number of rotatable bonds is 8.